The predicted molar refractivity (Wildman–Crippen MR) is 114 cm³/mol. The number of esters is 1. The Hall–Kier alpha value is -3.05. The van der Waals surface area contributed by atoms with Crippen LogP contribution in [0.3, 0.4) is 0 Å². The molecule has 1 aromatic carbocycles. The Bertz CT molecular complexity index is 1210. The molecule has 1 saturated heterocycles. The number of cyclic esters (lactones) is 1. The Balaban J connectivity index is 1.53. The lowest BCUT2D eigenvalue weighted by atomic mass is 9.80. The first-order valence-corrected chi connectivity index (χ1v) is 11.7. The van der Waals surface area contributed by atoms with E-state index >= 15 is 0 Å². The van der Waals surface area contributed by atoms with Crippen molar-refractivity contribution in [1.82, 2.24) is 18.2 Å². The number of carbonyl (C=O) groups is 2. The fraction of sp³-hybridized carbons (Fsp3) is 0.429. The van der Waals surface area contributed by atoms with Gasteiger partial charge in [0.2, 0.25) is 0 Å². The van der Waals surface area contributed by atoms with Gasteiger partial charge < -0.3 is 4.74 Å². The van der Waals surface area contributed by atoms with Gasteiger partial charge in [-0.25, -0.2) is 8.96 Å². The van der Waals surface area contributed by atoms with E-state index in [1.807, 2.05) is 30.3 Å². The summed E-state index contributed by atoms with van der Waals surface area (Å²) < 4.78 is 32.4. The summed E-state index contributed by atoms with van der Waals surface area (Å²) in [5.74, 6) is -2.09. The van der Waals surface area contributed by atoms with Gasteiger partial charge in [0.05, 0.1) is 37.0 Å². The standard InChI is InChI=1S/C21H23N5O5S/c1-24(2)32(29,30)26-10-16(22-12-26)18-17-15(11-31-19(17)27)8-21(18)20(28)25(13-23-21)9-14-6-4-3-5-7-14/h3-7,10,12-13,15,17-18H,8-9,11H2,1-2H3/t15?,17?,18?,21-/m0/s1. The summed E-state index contributed by atoms with van der Waals surface area (Å²) in [7, 11) is -0.945. The van der Waals surface area contributed by atoms with Crippen LogP contribution < -0.4 is 0 Å². The van der Waals surface area contributed by atoms with Crippen LogP contribution in [-0.4, -0.2) is 71.0 Å². The van der Waals surface area contributed by atoms with Gasteiger partial charge in [-0.05, 0) is 12.0 Å². The van der Waals surface area contributed by atoms with E-state index in [1.165, 1.54) is 33.0 Å². The zero-order chi connectivity index (χ0) is 22.7. The Kier molecular flexibility index (Phi) is 4.71. The van der Waals surface area contributed by atoms with Crippen LogP contribution in [0.5, 0.6) is 0 Å². The third kappa shape index (κ3) is 2.99. The maximum atomic E-state index is 13.7. The molecular weight excluding hydrogens is 434 g/mol. The summed E-state index contributed by atoms with van der Waals surface area (Å²) >= 11 is 0. The number of benzene rings is 1. The van der Waals surface area contributed by atoms with E-state index in [9.17, 15) is 18.0 Å². The Labute approximate surface area is 185 Å². The molecule has 0 N–H and O–H groups in total. The van der Waals surface area contributed by atoms with E-state index in [2.05, 4.69) is 9.98 Å². The monoisotopic (exact) mass is 457 g/mol. The molecule has 11 heteroatoms. The minimum Gasteiger partial charge on any atom is -0.465 e. The molecule has 3 aliphatic rings. The molecule has 1 aromatic heterocycles. The van der Waals surface area contributed by atoms with Gasteiger partial charge in [0, 0.05) is 26.2 Å². The van der Waals surface area contributed by atoms with Gasteiger partial charge in [-0.1, -0.05) is 30.3 Å². The van der Waals surface area contributed by atoms with Gasteiger partial charge in [0.1, 0.15) is 6.33 Å². The van der Waals surface area contributed by atoms with Gasteiger partial charge in [-0.2, -0.15) is 12.7 Å². The molecule has 168 valence electrons. The third-order valence-corrected chi connectivity index (χ3v) is 8.20. The average Bonchev–Trinajstić information content (AvgIpc) is 3.52. The normalized spacial score (nSPS) is 29.3. The average molecular weight is 458 g/mol. The highest BCUT2D eigenvalue weighted by Crippen LogP contribution is 2.56. The van der Waals surface area contributed by atoms with Gasteiger partial charge >= 0.3 is 16.2 Å². The van der Waals surface area contributed by atoms with Crippen molar-refractivity contribution in [3.05, 3.63) is 54.1 Å². The summed E-state index contributed by atoms with van der Waals surface area (Å²) in [5.41, 5.74) is 0.0960. The van der Waals surface area contributed by atoms with Crippen LogP contribution in [0, 0.1) is 11.8 Å². The number of imidazole rings is 1. The molecule has 32 heavy (non-hydrogen) atoms. The SMILES string of the molecule is CN(C)S(=O)(=O)n1cnc(C2C3C(=O)OCC3C[C@]23N=CN(Cc2ccccc2)C3=O)c1. The molecule has 1 saturated carbocycles. The number of aromatic nitrogens is 2. The molecule has 10 nitrogen and oxygen atoms in total. The molecule has 1 aliphatic carbocycles. The van der Waals surface area contributed by atoms with Crippen molar-refractivity contribution >= 4 is 28.4 Å². The van der Waals surface area contributed by atoms with Crippen molar-refractivity contribution < 1.29 is 22.7 Å². The topological polar surface area (TPSA) is 114 Å². The van der Waals surface area contributed by atoms with E-state index in [4.69, 9.17) is 4.74 Å². The number of ether oxygens (including phenoxy) is 1. The van der Waals surface area contributed by atoms with Gasteiger partial charge in [0.25, 0.3) is 5.91 Å². The fourth-order valence-corrected chi connectivity index (χ4v) is 5.78. The van der Waals surface area contributed by atoms with Crippen molar-refractivity contribution in [3.8, 4) is 0 Å². The zero-order valence-electron chi connectivity index (χ0n) is 17.7. The second kappa shape index (κ2) is 7.24. The Morgan fingerprint density at radius 3 is 2.69 bits per heavy atom. The summed E-state index contributed by atoms with van der Waals surface area (Å²) in [4.78, 5) is 36.8. The van der Waals surface area contributed by atoms with Gasteiger partial charge in [-0.15, -0.1) is 0 Å². The van der Waals surface area contributed by atoms with Crippen molar-refractivity contribution in [2.75, 3.05) is 20.7 Å². The molecule has 2 aliphatic heterocycles. The van der Waals surface area contributed by atoms with E-state index in [0.717, 1.165) is 13.8 Å². The second-order valence-electron chi connectivity index (χ2n) is 8.60. The van der Waals surface area contributed by atoms with E-state index in [0.29, 0.717) is 18.7 Å². The molecule has 3 unspecified atom stereocenters. The van der Waals surface area contributed by atoms with Crippen LogP contribution in [0.1, 0.15) is 23.6 Å². The van der Waals surface area contributed by atoms with Crippen LogP contribution in [0.25, 0.3) is 0 Å². The Morgan fingerprint density at radius 2 is 1.97 bits per heavy atom. The number of aliphatic imine (C=N–C) groups is 1. The number of hydrogen-bond acceptors (Lipinski definition) is 7. The predicted octanol–water partition coefficient (Wildman–Crippen LogP) is 0.624. The third-order valence-electron chi connectivity index (χ3n) is 6.55. The minimum absolute atomic E-state index is 0.180. The first-order valence-electron chi connectivity index (χ1n) is 10.3. The largest absolute Gasteiger partial charge is 0.465 e. The number of fused-ring (bicyclic) bond motifs is 1. The highest BCUT2D eigenvalue weighted by Gasteiger charge is 2.66. The van der Waals surface area contributed by atoms with E-state index in [1.54, 1.807) is 4.90 Å². The molecule has 2 fully saturated rings. The molecule has 1 amide bonds. The number of carbonyl (C=O) groups excluding carboxylic acids is 2. The maximum Gasteiger partial charge on any atom is 0.310 e. The highest BCUT2D eigenvalue weighted by atomic mass is 32.2. The molecule has 0 radical (unpaired) electrons. The summed E-state index contributed by atoms with van der Waals surface area (Å²) in [6.45, 7) is 0.584. The maximum absolute atomic E-state index is 13.7. The van der Waals surface area contributed by atoms with E-state index in [-0.39, 0.29) is 18.4 Å². The summed E-state index contributed by atoms with van der Waals surface area (Å²) in [5, 5.41) is 0. The van der Waals surface area contributed by atoms with Crippen molar-refractivity contribution in [3.63, 3.8) is 0 Å². The van der Waals surface area contributed by atoms with Crippen LogP contribution in [0.2, 0.25) is 0 Å². The van der Waals surface area contributed by atoms with Crippen molar-refractivity contribution in [2.24, 2.45) is 16.8 Å². The number of rotatable bonds is 5. The smallest absolute Gasteiger partial charge is 0.310 e. The lowest BCUT2D eigenvalue weighted by Gasteiger charge is -2.29. The van der Waals surface area contributed by atoms with Gasteiger partial charge in [-0.3, -0.25) is 19.5 Å². The first kappa shape index (κ1) is 20.8. The minimum atomic E-state index is -3.78. The summed E-state index contributed by atoms with van der Waals surface area (Å²) in [6.07, 6.45) is 4.44. The van der Waals surface area contributed by atoms with Crippen LogP contribution >= 0.6 is 0 Å². The quantitative estimate of drug-likeness (QED) is 0.608. The van der Waals surface area contributed by atoms with Crippen molar-refractivity contribution in [1.29, 1.82) is 0 Å². The second-order valence-corrected chi connectivity index (χ2v) is 10.7. The van der Waals surface area contributed by atoms with Crippen LogP contribution in [0.4, 0.5) is 0 Å². The summed E-state index contributed by atoms with van der Waals surface area (Å²) in [6, 6.07) is 9.57. The van der Waals surface area contributed by atoms with E-state index < -0.39 is 33.6 Å². The fourth-order valence-electron chi connectivity index (χ4n) is 5.00. The molecule has 3 heterocycles. The van der Waals surface area contributed by atoms with Crippen LogP contribution in [-0.2, 0) is 31.1 Å². The molecule has 2 aromatic rings. The molecule has 5 rings (SSSR count). The molecule has 0 bridgehead atoms. The zero-order valence-corrected chi connectivity index (χ0v) is 18.5. The lowest BCUT2D eigenvalue weighted by Crippen LogP contribution is -2.44. The molecule has 4 atom stereocenters. The molecular formula is C21H23N5O5S. The number of hydrogen-bond donors (Lipinski definition) is 0. The number of nitrogens with zero attached hydrogens (tertiary/aromatic N) is 5. The van der Waals surface area contributed by atoms with Crippen molar-refractivity contribution in [2.45, 2.75) is 24.4 Å². The first-order chi connectivity index (χ1) is 15.2. The lowest BCUT2D eigenvalue weighted by molar-refractivity contribution is -0.142. The molecule has 1 spiro atoms. The number of amides is 1. The van der Waals surface area contributed by atoms with Crippen LogP contribution in [0.15, 0.2) is 47.8 Å². The van der Waals surface area contributed by atoms with Gasteiger partial charge in [0.15, 0.2) is 5.54 Å². The highest BCUT2D eigenvalue weighted by molar-refractivity contribution is 7.87. The Morgan fingerprint density at radius 1 is 1.22 bits per heavy atom.